The van der Waals surface area contributed by atoms with Gasteiger partial charge in [0.05, 0.1) is 16.6 Å². The first kappa shape index (κ1) is 21.5. The topological polar surface area (TPSA) is 92.8 Å². The zero-order valence-corrected chi connectivity index (χ0v) is 18.4. The van der Waals surface area contributed by atoms with E-state index < -0.39 is 21.7 Å². The number of para-hydroxylation sites is 1. The molecule has 0 spiro atoms. The molecule has 1 N–H and O–H groups in total. The summed E-state index contributed by atoms with van der Waals surface area (Å²) in [5.74, 6) is 0.160. The molecule has 2 aliphatic rings. The minimum absolute atomic E-state index is 0.0814. The molecule has 7 nitrogen and oxygen atoms in total. The molecule has 0 radical (unpaired) electrons. The van der Waals surface area contributed by atoms with Crippen LogP contribution in [-0.4, -0.2) is 25.8 Å². The van der Waals surface area contributed by atoms with Crippen LogP contribution in [0.2, 0.25) is 0 Å². The molecular weight excluding hydrogens is 416 g/mol. The summed E-state index contributed by atoms with van der Waals surface area (Å²) in [6.45, 7) is 4.09. The molecule has 0 unspecified atom stereocenters. The fourth-order valence-electron chi connectivity index (χ4n) is 4.30. The Labute approximate surface area is 182 Å². The van der Waals surface area contributed by atoms with Crippen LogP contribution in [0, 0.1) is 0 Å². The highest BCUT2D eigenvalue weighted by Crippen LogP contribution is 2.43. The number of carbonyl (C=O) groups is 2. The summed E-state index contributed by atoms with van der Waals surface area (Å²) >= 11 is 0. The van der Waals surface area contributed by atoms with Crippen molar-refractivity contribution >= 4 is 27.5 Å². The standard InChI is InChI=1S/C23H26N2O5S/c1-3-23(4-2)15-19(18-7-5-6-8-20(18)30-23)24-31(28,29)17-11-9-16(10-12-17)25-21(26)13-14-22(25)27/h5-12,19,24H,3-4,13-15H2,1-2H3/t19-/m1/s1. The summed E-state index contributed by atoms with van der Waals surface area (Å²) in [4.78, 5) is 25.0. The predicted octanol–water partition coefficient (Wildman–Crippen LogP) is 3.70. The molecule has 31 heavy (non-hydrogen) atoms. The van der Waals surface area contributed by atoms with Crippen molar-refractivity contribution in [3.05, 3.63) is 54.1 Å². The fourth-order valence-corrected chi connectivity index (χ4v) is 5.52. The van der Waals surface area contributed by atoms with Gasteiger partial charge in [0, 0.05) is 24.8 Å². The zero-order valence-electron chi connectivity index (χ0n) is 17.6. The van der Waals surface area contributed by atoms with E-state index in [1.165, 1.54) is 24.3 Å². The number of sulfonamides is 1. The van der Waals surface area contributed by atoms with Gasteiger partial charge < -0.3 is 4.74 Å². The molecular formula is C23H26N2O5S. The summed E-state index contributed by atoms with van der Waals surface area (Å²) in [6, 6.07) is 12.9. The van der Waals surface area contributed by atoms with Crippen LogP contribution in [-0.2, 0) is 19.6 Å². The molecule has 2 heterocycles. The second-order valence-corrected chi connectivity index (χ2v) is 9.74. The summed E-state index contributed by atoms with van der Waals surface area (Å²) < 4.78 is 35.4. The van der Waals surface area contributed by atoms with E-state index in [0.717, 1.165) is 23.3 Å². The summed E-state index contributed by atoms with van der Waals surface area (Å²) in [6.07, 6.45) is 2.43. The van der Waals surface area contributed by atoms with Crippen LogP contribution in [0.5, 0.6) is 5.75 Å². The van der Waals surface area contributed by atoms with Crippen LogP contribution in [0.4, 0.5) is 5.69 Å². The third-order valence-corrected chi connectivity index (χ3v) is 7.73. The molecule has 1 fully saturated rings. The number of imide groups is 1. The Morgan fingerprint density at radius 1 is 1.00 bits per heavy atom. The molecule has 2 aromatic rings. The average Bonchev–Trinajstić information content (AvgIpc) is 3.11. The number of hydrogen-bond acceptors (Lipinski definition) is 5. The van der Waals surface area contributed by atoms with E-state index >= 15 is 0 Å². The smallest absolute Gasteiger partial charge is 0.241 e. The maximum atomic E-state index is 13.2. The molecule has 0 saturated carbocycles. The molecule has 1 saturated heterocycles. The van der Waals surface area contributed by atoms with Crippen molar-refractivity contribution in [2.24, 2.45) is 0 Å². The summed E-state index contributed by atoms with van der Waals surface area (Å²) in [7, 11) is -3.83. The molecule has 2 aliphatic heterocycles. The number of ether oxygens (including phenoxy) is 1. The average molecular weight is 443 g/mol. The third kappa shape index (κ3) is 3.97. The minimum Gasteiger partial charge on any atom is -0.487 e. The van der Waals surface area contributed by atoms with Gasteiger partial charge in [-0.3, -0.25) is 14.5 Å². The van der Waals surface area contributed by atoms with Crippen LogP contribution < -0.4 is 14.4 Å². The number of benzene rings is 2. The van der Waals surface area contributed by atoms with Gasteiger partial charge in [0.25, 0.3) is 0 Å². The number of rotatable bonds is 6. The van der Waals surface area contributed by atoms with Gasteiger partial charge in [0.15, 0.2) is 0 Å². The third-order valence-electron chi connectivity index (χ3n) is 6.24. The van der Waals surface area contributed by atoms with Gasteiger partial charge in [-0.2, -0.15) is 0 Å². The van der Waals surface area contributed by atoms with E-state index in [-0.39, 0.29) is 29.6 Å². The highest BCUT2D eigenvalue weighted by atomic mass is 32.2. The highest BCUT2D eigenvalue weighted by Gasteiger charge is 2.40. The van der Waals surface area contributed by atoms with Gasteiger partial charge in [0.2, 0.25) is 21.8 Å². The Balaban J connectivity index is 1.61. The van der Waals surface area contributed by atoms with E-state index in [4.69, 9.17) is 4.74 Å². The van der Waals surface area contributed by atoms with E-state index in [2.05, 4.69) is 4.72 Å². The highest BCUT2D eigenvalue weighted by molar-refractivity contribution is 7.89. The number of hydrogen-bond donors (Lipinski definition) is 1. The molecule has 0 aliphatic carbocycles. The van der Waals surface area contributed by atoms with Gasteiger partial charge in [0.1, 0.15) is 11.4 Å². The van der Waals surface area contributed by atoms with E-state index in [1.807, 2.05) is 38.1 Å². The maximum absolute atomic E-state index is 13.2. The Morgan fingerprint density at radius 3 is 2.23 bits per heavy atom. The van der Waals surface area contributed by atoms with Crippen molar-refractivity contribution in [3.63, 3.8) is 0 Å². The lowest BCUT2D eigenvalue weighted by molar-refractivity contribution is -0.121. The van der Waals surface area contributed by atoms with Crippen LogP contribution in [0.15, 0.2) is 53.4 Å². The van der Waals surface area contributed by atoms with E-state index in [0.29, 0.717) is 17.9 Å². The van der Waals surface area contributed by atoms with Crippen molar-refractivity contribution in [1.29, 1.82) is 0 Å². The van der Waals surface area contributed by atoms with Gasteiger partial charge >= 0.3 is 0 Å². The second kappa shape index (κ2) is 8.09. The van der Waals surface area contributed by atoms with Crippen LogP contribution in [0.25, 0.3) is 0 Å². The summed E-state index contributed by atoms with van der Waals surface area (Å²) in [5.41, 5.74) is 0.773. The fraction of sp³-hybridized carbons (Fsp3) is 0.391. The first-order chi connectivity index (χ1) is 14.8. The lowest BCUT2D eigenvalue weighted by Crippen LogP contribution is -2.44. The molecule has 2 aromatic carbocycles. The molecule has 1 atom stereocenters. The van der Waals surface area contributed by atoms with Crippen molar-refractivity contribution in [2.75, 3.05) is 4.90 Å². The monoisotopic (exact) mass is 442 g/mol. The molecule has 2 amide bonds. The van der Waals surface area contributed by atoms with Crippen LogP contribution in [0.3, 0.4) is 0 Å². The first-order valence-electron chi connectivity index (χ1n) is 10.5. The van der Waals surface area contributed by atoms with E-state index in [9.17, 15) is 18.0 Å². The van der Waals surface area contributed by atoms with Gasteiger partial charge in [-0.1, -0.05) is 32.0 Å². The number of nitrogens with one attached hydrogen (secondary N) is 1. The Bertz CT molecular complexity index is 1090. The molecule has 4 rings (SSSR count). The van der Waals surface area contributed by atoms with E-state index in [1.54, 1.807) is 0 Å². The van der Waals surface area contributed by atoms with Crippen molar-refractivity contribution in [3.8, 4) is 5.75 Å². The quantitative estimate of drug-likeness (QED) is 0.689. The van der Waals surface area contributed by atoms with Crippen LogP contribution in [0.1, 0.15) is 57.6 Å². The molecule has 0 bridgehead atoms. The first-order valence-corrected chi connectivity index (χ1v) is 12.0. The van der Waals surface area contributed by atoms with Gasteiger partial charge in [-0.15, -0.1) is 0 Å². The largest absolute Gasteiger partial charge is 0.487 e. The number of fused-ring (bicyclic) bond motifs is 1. The SMILES string of the molecule is CCC1(CC)C[C@@H](NS(=O)(=O)c2ccc(N3C(=O)CCC3=O)cc2)c2ccccc2O1. The van der Waals surface area contributed by atoms with Crippen molar-refractivity contribution < 1.29 is 22.7 Å². The number of amides is 2. The zero-order chi connectivity index (χ0) is 22.2. The normalized spacial score (nSPS) is 20.5. The molecule has 8 heteroatoms. The maximum Gasteiger partial charge on any atom is 0.241 e. The lowest BCUT2D eigenvalue weighted by Gasteiger charge is -2.41. The molecule has 164 valence electrons. The Morgan fingerprint density at radius 2 is 1.61 bits per heavy atom. The lowest BCUT2D eigenvalue weighted by atomic mass is 9.84. The van der Waals surface area contributed by atoms with Gasteiger partial charge in [-0.05, 0) is 43.2 Å². The Hall–Kier alpha value is -2.71. The van der Waals surface area contributed by atoms with Crippen LogP contribution >= 0.6 is 0 Å². The number of nitrogens with zero attached hydrogens (tertiary/aromatic N) is 1. The second-order valence-electron chi connectivity index (χ2n) is 8.02. The predicted molar refractivity (Wildman–Crippen MR) is 116 cm³/mol. The Kier molecular flexibility index (Phi) is 5.61. The van der Waals surface area contributed by atoms with Crippen molar-refractivity contribution in [1.82, 2.24) is 4.72 Å². The number of anilines is 1. The molecule has 0 aromatic heterocycles. The minimum atomic E-state index is -3.83. The van der Waals surface area contributed by atoms with Crippen molar-refractivity contribution in [2.45, 2.75) is 62.5 Å². The summed E-state index contributed by atoms with van der Waals surface area (Å²) in [5, 5.41) is 0. The van der Waals surface area contributed by atoms with Gasteiger partial charge in [-0.25, -0.2) is 13.1 Å². The number of carbonyl (C=O) groups excluding carboxylic acids is 2.